The van der Waals surface area contributed by atoms with Gasteiger partial charge in [-0.15, -0.1) is 0 Å². The van der Waals surface area contributed by atoms with Gasteiger partial charge in [-0.3, -0.25) is 0 Å². The Bertz CT molecular complexity index is 803. The van der Waals surface area contributed by atoms with Crippen molar-refractivity contribution in [3.8, 4) is 5.75 Å². The summed E-state index contributed by atoms with van der Waals surface area (Å²) >= 11 is 0. The number of hydrogen-bond donors (Lipinski definition) is 1. The van der Waals surface area contributed by atoms with Crippen molar-refractivity contribution in [2.45, 2.75) is 13.8 Å². The molecule has 0 spiro atoms. The second kappa shape index (κ2) is 8.15. The molecule has 0 saturated heterocycles. The molecule has 2 aromatic carbocycles. The summed E-state index contributed by atoms with van der Waals surface area (Å²) in [5.74, 6) is -0.727. The third-order valence-corrected chi connectivity index (χ3v) is 3.66. The minimum Gasteiger partial charge on any atom is -0.494 e. The third-order valence-electron chi connectivity index (χ3n) is 3.66. The molecule has 2 aromatic rings. The van der Waals surface area contributed by atoms with E-state index in [0.717, 1.165) is 11.3 Å². The van der Waals surface area contributed by atoms with Crippen LogP contribution in [0.1, 0.15) is 34.0 Å². The van der Waals surface area contributed by atoms with Gasteiger partial charge in [-0.05, 0) is 60.9 Å². The van der Waals surface area contributed by atoms with Gasteiger partial charge in [0.05, 0.1) is 24.9 Å². The zero-order valence-corrected chi connectivity index (χ0v) is 14.4. The maximum Gasteiger partial charge on any atom is 0.337 e. The number of methoxy groups -OCH3 is 1. The number of hydrogen-bond acceptors (Lipinski definition) is 4. The number of carbonyl (C=O) groups is 2. The Morgan fingerprint density at radius 3 is 2.24 bits per heavy atom. The van der Waals surface area contributed by atoms with Gasteiger partial charge in [-0.2, -0.15) is 0 Å². The first-order valence-corrected chi connectivity index (χ1v) is 7.83. The van der Waals surface area contributed by atoms with Crippen molar-refractivity contribution in [3.63, 3.8) is 0 Å². The maximum absolute atomic E-state index is 11.7. The van der Waals surface area contributed by atoms with Gasteiger partial charge in [-0.25, -0.2) is 9.59 Å². The summed E-state index contributed by atoms with van der Waals surface area (Å²) in [7, 11) is 1.31. The quantitative estimate of drug-likeness (QED) is 0.492. The fraction of sp³-hybridized carbons (Fsp3) is 0.200. The summed E-state index contributed by atoms with van der Waals surface area (Å²) < 4.78 is 10.1. The van der Waals surface area contributed by atoms with Crippen molar-refractivity contribution in [2.24, 2.45) is 0 Å². The smallest absolute Gasteiger partial charge is 0.337 e. The minimum absolute atomic E-state index is 0.164. The number of esters is 1. The van der Waals surface area contributed by atoms with E-state index in [0.29, 0.717) is 23.3 Å². The Hall–Kier alpha value is -3.08. The van der Waals surface area contributed by atoms with E-state index in [9.17, 15) is 14.7 Å². The number of aryl methyl sites for hydroxylation is 1. The first kappa shape index (κ1) is 18.3. The molecule has 0 amide bonds. The van der Waals surface area contributed by atoms with E-state index in [1.54, 1.807) is 48.5 Å². The molecular formula is C20H20O5. The molecule has 0 atom stereocenters. The monoisotopic (exact) mass is 340 g/mol. The molecule has 0 aliphatic heterocycles. The van der Waals surface area contributed by atoms with Crippen molar-refractivity contribution in [2.75, 3.05) is 13.7 Å². The highest BCUT2D eigenvalue weighted by molar-refractivity contribution is 6.20. The molecule has 0 aromatic heterocycles. The highest BCUT2D eigenvalue weighted by Crippen LogP contribution is 2.25. The molecular weight excluding hydrogens is 320 g/mol. The molecule has 0 saturated carbocycles. The summed E-state index contributed by atoms with van der Waals surface area (Å²) in [6.45, 7) is 4.32. The predicted molar refractivity (Wildman–Crippen MR) is 95.6 cm³/mol. The molecule has 0 aliphatic carbocycles. The van der Waals surface area contributed by atoms with Gasteiger partial charge >= 0.3 is 11.9 Å². The zero-order chi connectivity index (χ0) is 18.4. The van der Waals surface area contributed by atoms with Gasteiger partial charge < -0.3 is 14.6 Å². The van der Waals surface area contributed by atoms with Crippen LogP contribution in [0.3, 0.4) is 0 Å². The Labute approximate surface area is 146 Å². The second-order valence-electron chi connectivity index (χ2n) is 5.39. The summed E-state index contributed by atoms with van der Waals surface area (Å²) in [5.41, 5.74) is 2.71. The molecule has 0 aliphatic rings. The number of ether oxygens (including phenoxy) is 2. The lowest BCUT2D eigenvalue weighted by molar-refractivity contribution is -0.130. The van der Waals surface area contributed by atoms with Gasteiger partial charge in [0, 0.05) is 0 Å². The van der Waals surface area contributed by atoms with Crippen LogP contribution in [0, 0.1) is 6.92 Å². The topological polar surface area (TPSA) is 72.8 Å². The van der Waals surface area contributed by atoms with Crippen LogP contribution in [0.5, 0.6) is 5.75 Å². The van der Waals surface area contributed by atoms with E-state index < -0.39 is 11.9 Å². The van der Waals surface area contributed by atoms with E-state index in [4.69, 9.17) is 4.74 Å². The third kappa shape index (κ3) is 4.47. The number of benzene rings is 2. The highest BCUT2D eigenvalue weighted by atomic mass is 16.5. The molecule has 25 heavy (non-hydrogen) atoms. The van der Waals surface area contributed by atoms with E-state index in [-0.39, 0.29) is 5.57 Å². The summed E-state index contributed by atoms with van der Waals surface area (Å²) in [6.07, 6.45) is 1.57. The number of carboxylic acids is 1. The Morgan fingerprint density at radius 1 is 1.08 bits per heavy atom. The molecule has 0 heterocycles. The van der Waals surface area contributed by atoms with E-state index >= 15 is 0 Å². The van der Waals surface area contributed by atoms with E-state index in [1.807, 2.05) is 13.8 Å². The molecule has 130 valence electrons. The average molecular weight is 340 g/mol. The standard InChI is InChI=1S/C20H20O5/c1-4-25-18-10-9-16(11-13(18)2)17(19(21)22)12-14-5-7-15(8-6-14)20(23)24-3/h5-12H,4H2,1-3H3,(H,21,22)/b17-12-. The van der Waals surface area contributed by atoms with Crippen molar-refractivity contribution < 1.29 is 24.2 Å². The van der Waals surface area contributed by atoms with Crippen LogP contribution in [-0.2, 0) is 9.53 Å². The summed E-state index contributed by atoms with van der Waals surface area (Å²) in [6, 6.07) is 11.8. The molecule has 2 rings (SSSR count). The first-order valence-electron chi connectivity index (χ1n) is 7.83. The largest absolute Gasteiger partial charge is 0.494 e. The Morgan fingerprint density at radius 2 is 1.72 bits per heavy atom. The van der Waals surface area contributed by atoms with Gasteiger partial charge in [0.1, 0.15) is 5.75 Å². The first-order chi connectivity index (χ1) is 12.0. The number of aliphatic carboxylic acids is 1. The van der Waals surface area contributed by atoms with Crippen molar-refractivity contribution in [3.05, 3.63) is 64.7 Å². The van der Waals surface area contributed by atoms with Crippen molar-refractivity contribution in [1.29, 1.82) is 0 Å². The molecule has 0 unspecified atom stereocenters. The highest BCUT2D eigenvalue weighted by Gasteiger charge is 2.13. The Kier molecular flexibility index (Phi) is 5.95. The van der Waals surface area contributed by atoms with Crippen LogP contribution in [0.4, 0.5) is 0 Å². The van der Waals surface area contributed by atoms with Gasteiger partial charge in [-0.1, -0.05) is 18.2 Å². The van der Waals surface area contributed by atoms with E-state index in [2.05, 4.69) is 4.74 Å². The zero-order valence-electron chi connectivity index (χ0n) is 14.4. The average Bonchev–Trinajstić information content (AvgIpc) is 2.61. The molecule has 5 heteroatoms. The van der Waals surface area contributed by atoms with Crippen molar-refractivity contribution in [1.82, 2.24) is 0 Å². The lowest BCUT2D eigenvalue weighted by atomic mass is 10.00. The van der Waals surface area contributed by atoms with Gasteiger partial charge in [0.2, 0.25) is 0 Å². The molecule has 0 fully saturated rings. The maximum atomic E-state index is 11.7. The fourth-order valence-electron chi connectivity index (χ4n) is 2.40. The van der Waals surface area contributed by atoms with Crippen LogP contribution < -0.4 is 4.74 Å². The fourth-order valence-corrected chi connectivity index (χ4v) is 2.40. The summed E-state index contributed by atoms with van der Waals surface area (Å²) in [4.78, 5) is 23.1. The molecule has 0 bridgehead atoms. The van der Waals surface area contributed by atoms with Gasteiger partial charge in [0.25, 0.3) is 0 Å². The number of carboxylic acid groups (broad SMARTS) is 1. The van der Waals surface area contributed by atoms with Crippen LogP contribution >= 0.6 is 0 Å². The second-order valence-corrected chi connectivity index (χ2v) is 5.39. The normalized spacial score (nSPS) is 11.1. The van der Waals surface area contributed by atoms with Crippen LogP contribution in [0.2, 0.25) is 0 Å². The van der Waals surface area contributed by atoms with Crippen LogP contribution in [0.15, 0.2) is 42.5 Å². The van der Waals surface area contributed by atoms with Crippen LogP contribution in [-0.4, -0.2) is 30.8 Å². The van der Waals surface area contributed by atoms with Gasteiger partial charge in [0.15, 0.2) is 0 Å². The SMILES string of the molecule is CCOc1ccc(/C(=C/c2ccc(C(=O)OC)cc2)C(=O)O)cc1C. The number of rotatable bonds is 6. The predicted octanol–water partition coefficient (Wildman–Crippen LogP) is 3.81. The van der Waals surface area contributed by atoms with Crippen molar-refractivity contribution >= 4 is 23.6 Å². The number of carbonyl (C=O) groups excluding carboxylic acids is 1. The Balaban J connectivity index is 2.37. The lowest BCUT2D eigenvalue weighted by Gasteiger charge is -2.10. The molecule has 0 radical (unpaired) electrons. The molecule has 1 N–H and O–H groups in total. The van der Waals surface area contributed by atoms with Crippen LogP contribution in [0.25, 0.3) is 11.6 Å². The lowest BCUT2D eigenvalue weighted by Crippen LogP contribution is -2.02. The minimum atomic E-state index is -1.03. The van der Waals surface area contributed by atoms with E-state index in [1.165, 1.54) is 7.11 Å². The summed E-state index contributed by atoms with van der Waals surface area (Å²) in [5, 5.41) is 9.56. The molecule has 5 nitrogen and oxygen atoms in total.